The van der Waals surface area contributed by atoms with Crippen molar-refractivity contribution in [1.82, 2.24) is 0 Å². The molecule has 0 amide bonds. The predicted molar refractivity (Wildman–Crippen MR) is 68.9 cm³/mol. The molecule has 5 nitrogen and oxygen atoms in total. The molecule has 0 bridgehead atoms. The Morgan fingerprint density at radius 3 is 1.83 bits per heavy atom. The molecule has 0 radical (unpaired) electrons. The molecule has 7 heteroatoms. The van der Waals surface area contributed by atoms with Crippen molar-refractivity contribution in [3.05, 3.63) is 12.2 Å². The SMILES string of the molecule is CC1(C)OB(C2C=C[C@@]2(C)S(=O)(=O)O)OC1(C)C. The molecule has 0 saturated carbocycles. The van der Waals surface area contributed by atoms with Gasteiger partial charge >= 0.3 is 7.12 Å². The highest BCUT2D eigenvalue weighted by atomic mass is 32.2. The van der Waals surface area contributed by atoms with Gasteiger partial charge in [0.2, 0.25) is 0 Å². The van der Waals surface area contributed by atoms with E-state index < -0.39 is 39.0 Å². The van der Waals surface area contributed by atoms with Gasteiger partial charge in [-0.1, -0.05) is 12.2 Å². The third-order valence-corrected chi connectivity index (χ3v) is 5.94. The molecular weight excluding hydrogens is 255 g/mol. The van der Waals surface area contributed by atoms with E-state index in [-0.39, 0.29) is 0 Å². The zero-order valence-corrected chi connectivity index (χ0v) is 12.1. The minimum atomic E-state index is -4.17. The van der Waals surface area contributed by atoms with Crippen molar-refractivity contribution in [2.45, 2.75) is 56.4 Å². The van der Waals surface area contributed by atoms with Crippen LogP contribution in [0.25, 0.3) is 0 Å². The lowest BCUT2D eigenvalue weighted by Crippen LogP contribution is -2.49. The summed E-state index contributed by atoms with van der Waals surface area (Å²) in [5.41, 5.74) is -1.03. The van der Waals surface area contributed by atoms with Gasteiger partial charge in [-0.05, 0) is 34.6 Å². The fourth-order valence-electron chi connectivity index (χ4n) is 2.13. The third-order valence-electron chi connectivity index (χ3n) is 4.42. The molecule has 0 spiro atoms. The topological polar surface area (TPSA) is 72.8 Å². The number of rotatable bonds is 2. The van der Waals surface area contributed by atoms with E-state index in [0.29, 0.717) is 0 Å². The molecule has 1 unspecified atom stereocenters. The Morgan fingerprint density at radius 1 is 1.11 bits per heavy atom. The van der Waals surface area contributed by atoms with E-state index in [9.17, 15) is 13.0 Å². The standard InChI is InChI=1S/C11H19BO5S/c1-9(2)10(3,4)17-12(16-9)8-6-7-11(8,5)18(13,14)15/h6-8H,1-5H3,(H,13,14,15)/t8?,11-/m1/s1. The van der Waals surface area contributed by atoms with Gasteiger partial charge in [0.1, 0.15) is 4.75 Å². The number of hydrogen-bond donors (Lipinski definition) is 1. The monoisotopic (exact) mass is 274 g/mol. The molecule has 0 aromatic heterocycles. The van der Waals surface area contributed by atoms with Crippen LogP contribution in [0.4, 0.5) is 0 Å². The van der Waals surface area contributed by atoms with Gasteiger partial charge in [-0.2, -0.15) is 8.42 Å². The molecule has 1 N–H and O–H groups in total. The zero-order valence-electron chi connectivity index (χ0n) is 11.3. The van der Waals surface area contributed by atoms with Crippen LogP contribution >= 0.6 is 0 Å². The molecule has 18 heavy (non-hydrogen) atoms. The third kappa shape index (κ3) is 1.76. The number of hydrogen-bond acceptors (Lipinski definition) is 4. The van der Waals surface area contributed by atoms with E-state index in [1.54, 1.807) is 6.08 Å². The average molecular weight is 274 g/mol. The maximum absolute atomic E-state index is 11.4. The molecule has 2 aliphatic rings. The molecule has 0 aromatic rings. The van der Waals surface area contributed by atoms with Crippen LogP contribution in [0.3, 0.4) is 0 Å². The lowest BCUT2D eigenvalue weighted by molar-refractivity contribution is 0.00578. The molecule has 1 saturated heterocycles. The van der Waals surface area contributed by atoms with Gasteiger partial charge in [0.25, 0.3) is 10.1 Å². The Labute approximate surface area is 108 Å². The summed E-state index contributed by atoms with van der Waals surface area (Å²) >= 11 is 0. The molecular formula is C11H19BO5S. The van der Waals surface area contributed by atoms with Gasteiger partial charge < -0.3 is 9.31 Å². The summed E-state index contributed by atoms with van der Waals surface area (Å²) in [4.78, 5) is 0. The van der Waals surface area contributed by atoms with Crippen molar-refractivity contribution in [3.8, 4) is 0 Å². The van der Waals surface area contributed by atoms with Gasteiger partial charge in [-0.3, -0.25) is 4.55 Å². The van der Waals surface area contributed by atoms with Crippen molar-refractivity contribution >= 4 is 17.2 Å². The zero-order chi connectivity index (χ0) is 14.0. The van der Waals surface area contributed by atoms with E-state index >= 15 is 0 Å². The Balaban J connectivity index is 2.26. The first-order valence-corrected chi connectivity index (χ1v) is 7.37. The van der Waals surface area contributed by atoms with Crippen molar-refractivity contribution in [2.24, 2.45) is 0 Å². The van der Waals surface area contributed by atoms with Crippen LogP contribution < -0.4 is 0 Å². The highest BCUT2D eigenvalue weighted by Gasteiger charge is 2.61. The molecule has 1 fully saturated rings. The first kappa shape index (κ1) is 14.1. The Kier molecular flexibility index (Phi) is 2.81. The van der Waals surface area contributed by atoms with E-state index in [1.165, 1.54) is 13.0 Å². The maximum Gasteiger partial charge on any atom is 0.467 e. The van der Waals surface area contributed by atoms with E-state index in [2.05, 4.69) is 0 Å². The number of allylic oxidation sites excluding steroid dienone is 1. The molecule has 102 valence electrons. The summed E-state index contributed by atoms with van der Waals surface area (Å²) in [6.07, 6.45) is 3.17. The highest BCUT2D eigenvalue weighted by Crippen LogP contribution is 2.49. The summed E-state index contributed by atoms with van der Waals surface area (Å²) in [5, 5.41) is 0. The summed E-state index contributed by atoms with van der Waals surface area (Å²) in [6, 6.07) is 0. The lowest BCUT2D eigenvalue weighted by Gasteiger charge is -2.38. The normalized spacial score (nSPS) is 37.7. The van der Waals surface area contributed by atoms with Gasteiger partial charge in [0.05, 0.1) is 11.2 Å². The Hall–Kier alpha value is -0.365. The van der Waals surface area contributed by atoms with Crippen LogP contribution in [0.5, 0.6) is 0 Å². The predicted octanol–water partition coefficient (Wildman–Crippen LogP) is 1.67. The Bertz CT molecular complexity index is 480. The molecule has 2 atom stereocenters. The van der Waals surface area contributed by atoms with Crippen LogP contribution in [0.1, 0.15) is 34.6 Å². The van der Waals surface area contributed by atoms with E-state index in [1.807, 2.05) is 27.7 Å². The second-order valence-corrected chi connectivity index (χ2v) is 8.00. The van der Waals surface area contributed by atoms with Crippen LogP contribution in [-0.4, -0.2) is 36.0 Å². The molecule has 1 aliphatic heterocycles. The van der Waals surface area contributed by atoms with Gasteiger partial charge in [-0.25, -0.2) is 0 Å². The van der Waals surface area contributed by atoms with Crippen molar-refractivity contribution < 1.29 is 22.3 Å². The van der Waals surface area contributed by atoms with Crippen LogP contribution in [0.15, 0.2) is 12.2 Å². The summed E-state index contributed by atoms with van der Waals surface area (Å²) in [6.45, 7) is 9.08. The van der Waals surface area contributed by atoms with Gasteiger partial charge in [-0.15, -0.1) is 0 Å². The van der Waals surface area contributed by atoms with Gasteiger partial charge in [0.15, 0.2) is 0 Å². The molecule has 0 aromatic carbocycles. The fraction of sp³-hybridized carbons (Fsp3) is 0.818. The molecule has 2 rings (SSSR count). The average Bonchev–Trinajstić information content (AvgIpc) is 2.30. The first-order chi connectivity index (χ1) is 7.91. The summed E-state index contributed by atoms with van der Waals surface area (Å²) in [5.74, 6) is -0.492. The maximum atomic E-state index is 11.4. The second kappa shape index (κ2) is 3.59. The van der Waals surface area contributed by atoms with Crippen LogP contribution in [-0.2, 0) is 19.4 Å². The Morgan fingerprint density at radius 2 is 1.56 bits per heavy atom. The highest BCUT2D eigenvalue weighted by molar-refractivity contribution is 7.87. The summed E-state index contributed by atoms with van der Waals surface area (Å²) < 4.78 is 42.4. The van der Waals surface area contributed by atoms with Crippen molar-refractivity contribution in [2.75, 3.05) is 0 Å². The van der Waals surface area contributed by atoms with E-state index in [4.69, 9.17) is 9.31 Å². The van der Waals surface area contributed by atoms with E-state index in [0.717, 1.165) is 0 Å². The largest absolute Gasteiger partial charge is 0.467 e. The molecule has 1 aliphatic carbocycles. The summed E-state index contributed by atoms with van der Waals surface area (Å²) in [7, 11) is -4.83. The van der Waals surface area contributed by atoms with Crippen LogP contribution in [0.2, 0.25) is 5.82 Å². The lowest BCUT2D eigenvalue weighted by atomic mass is 9.59. The van der Waals surface area contributed by atoms with Gasteiger partial charge in [0, 0.05) is 5.82 Å². The minimum absolute atomic E-state index is 0.492. The van der Waals surface area contributed by atoms with Crippen LogP contribution in [0, 0.1) is 0 Å². The second-order valence-electron chi connectivity index (χ2n) is 6.17. The molecule has 1 heterocycles. The smallest absolute Gasteiger partial charge is 0.403 e. The minimum Gasteiger partial charge on any atom is -0.403 e. The van der Waals surface area contributed by atoms with Crippen molar-refractivity contribution in [1.29, 1.82) is 0 Å². The van der Waals surface area contributed by atoms with Crippen molar-refractivity contribution in [3.63, 3.8) is 0 Å². The quantitative estimate of drug-likeness (QED) is 0.471. The fourth-order valence-corrected chi connectivity index (χ4v) is 2.92. The first-order valence-electron chi connectivity index (χ1n) is 5.93.